The second-order valence-corrected chi connectivity index (χ2v) is 12.9. The zero-order valence-corrected chi connectivity index (χ0v) is 27.2. The van der Waals surface area contributed by atoms with E-state index in [9.17, 15) is 0 Å². The maximum Gasteiger partial charge on any atom is 0.542 e. The molecule has 0 spiro atoms. The summed E-state index contributed by atoms with van der Waals surface area (Å²) in [5.74, 6) is 1.96. The molecular formula is C41H41BN3+. The molecule has 0 saturated heterocycles. The van der Waals surface area contributed by atoms with Gasteiger partial charge in [-0.05, 0) is 52.6 Å². The van der Waals surface area contributed by atoms with Crippen LogP contribution in [-0.4, -0.2) is 11.5 Å². The van der Waals surface area contributed by atoms with Crippen molar-refractivity contribution in [2.75, 3.05) is 4.81 Å². The van der Waals surface area contributed by atoms with Crippen LogP contribution in [0, 0.1) is 6.92 Å². The number of aromatic nitrogens is 2. The molecule has 2 heterocycles. The quantitative estimate of drug-likeness (QED) is 0.140. The van der Waals surface area contributed by atoms with Gasteiger partial charge in [0.25, 0.3) is 5.82 Å². The van der Waals surface area contributed by atoms with Gasteiger partial charge < -0.3 is 4.81 Å². The molecule has 5 aromatic carbocycles. The van der Waals surface area contributed by atoms with Crippen LogP contribution in [0.1, 0.15) is 56.2 Å². The lowest BCUT2D eigenvalue weighted by molar-refractivity contribution is -0.659. The van der Waals surface area contributed by atoms with Gasteiger partial charge in [0.2, 0.25) is 0 Å². The number of anilines is 2. The summed E-state index contributed by atoms with van der Waals surface area (Å²) in [6.45, 7) is 11.5. The normalized spacial score (nSPS) is 12.5. The second kappa shape index (κ2) is 11.6. The van der Waals surface area contributed by atoms with E-state index in [0.717, 1.165) is 0 Å². The molecule has 0 radical (unpaired) electrons. The predicted molar refractivity (Wildman–Crippen MR) is 191 cm³/mol. The Hall–Kier alpha value is -4.83. The van der Waals surface area contributed by atoms with E-state index < -0.39 is 0 Å². The zero-order chi connectivity index (χ0) is 31.2. The molecule has 0 unspecified atom stereocenters. The summed E-state index contributed by atoms with van der Waals surface area (Å²) in [5.41, 5.74) is 14.1. The highest BCUT2D eigenvalue weighted by molar-refractivity contribution is 6.78. The van der Waals surface area contributed by atoms with Gasteiger partial charge in [-0.3, -0.25) is 4.48 Å². The van der Waals surface area contributed by atoms with Gasteiger partial charge in [0.15, 0.2) is 0 Å². The Morgan fingerprint density at radius 2 is 1.16 bits per heavy atom. The minimum absolute atomic E-state index is 0.0983. The van der Waals surface area contributed by atoms with E-state index in [1.54, 1.807) is 0 Å². The van der Waals surface area contributed by atoms with Gasteiger partial charge in [0.1, 0.15) is 12.4 Å². The Bertz CT molecular complexity index is 1910. The highest BCUT2D eigenvalue weighted by atomic mass is 15.2. The summed E-state index contributed by atoms with van der Waals surface area (Å²) < 4.78 is 4.82. The third-order valence-corrected chi connectivity index (χ3v) is 9.39. The van der Waals surface area contributed by atoms with Gasteiger partial charge in [-0.1, -0.05) is 137 Å². The molecule has 1 aliphatic heterocycles. The van der Waals surface area contributed by atoms with Gasteiger partial charge in [0, 0.05) is 28.0 Å². The molecule has 4 heteroatoms. The molecule has 45 heavy (non-hydrogen) atoms. The van der Waals surface area contributed by atoms with Crippen molar-refractivity contribution in [3.05, 3.63) is 144 Å². The van der Waals surface area contributed by atoms with E-state index in [4.69, 9.17) is 0 Å². The minimum atomic E-state index is -0.0983. The monoisotopic (exact) mass is 586 g/mol. The van der Waals surface area contributed by atoms with Crippen LogP contribution in [-0.2, 0) is 7.05 Å². The number of imidazole rings is 1. The highest BCUT2D eigenvalue weighted by Crippen LogP contribution is 2.48. The van der Waals surface area contributed by atoms with Crippen molar-refractivity contribution in [3.8, 4) is 33.6 Å². The molecule has 0 bridgehead atoms. The van der Waals surface area contributed by atoms with Gasteiger partial charge in [-0.25, -0.2) is 4.57 Å². The topological polar surface area (TPSA) is 12.0 Å². The van der Waals surface area contributed by atoms with Crippen LogP contribution in [0.15, 0.2) is 128 Å². The van der Waals surface area contributed by atoms with E-state index in [2.05, 4.69) is 183 Å². The molecule has 222 valence electrons. The molecule has 0 N–H and O–H groups in total. The molecule has 3 nitrogen and oxygen atoms in total. The Morgan fingerprint density at radius 1 is 0.622 bits per heavy atom. The standard InChI is InChI=1S/C41H41BN3/c1-28(2)33-21-14-22-34(29(3)4)39(33)42-44-27-26-43(6)41(44)38-30(5)16-13-25-37(38)45(42)40-35(31-17-9-7-10-18-31)23-15-24-36(40)32-19-11-8-12-20-32/h7-29H,1-6H3/q+1. The zero-order valence-electron chi connectivity index (χ0n) is 27.2. The van der Waals surface area contributed by atoms with Crippen molar-refractivity contribution >= 4 is 23.8 Å². The number of hydrogen-bond acceptors (Lipinski definition) is 1. The largest absolute Gasteiger partial charge is 0.542 e. The molecule has 1 aromatic heterocycles. The van der Waals surface area contributed by atoms with Crippen molar-refractivity contribution in [1.82, 2.24) is 4.48 Å². The lowest BCUT2D eigenvalue weighted by atomic mass is 9.57. The number of para-hydroxylation sites is 1. The van der Waals surface area contributed by atoms with Gasteiger partial charge in [0.05, 0.1) is 12.6 Å². The van der Waals surface area contributed by atoms with E-state index in [1.165, 1.54) is 67.2 Å². The van der Waals surface area contributed by atoms with Gasteiger partial charge in [-0.2, -0.15) is 0 Å². The van der Waals surface area contributed by atoms with Crippen LogP contribution < -0.4 is 14.8 Å². The van der Waals surface area contributed by atoms with E-state index in [1.807, 2.05) is 0 Å². The Kier molecular flexibility index (Phi) is 7.45. The minimum Gasteiger partial charge on any atom is -0.338 e. The van der Waals surface area contributed by atoms with Crippen LogP contribution in [0.3, 0.4) is 0 Å². The van der Waals surface area contributed by atoms with Crippen LogP contribution in [0.5, 0.6) is 0 Å². The maximum absolute atomic E-state index is 2.66. The second-order valence-electron chi connectivity index (χ2n) is 12.9. The average Bonchev–Trinajstić information content (AvgIpc) is 3.45. The molecule has 1 aliphatic rings. The first-order valence-corrected chi connectivity index (χ1v) is 16.2. The predicted octanol–water partition coefficient (Wildman–Crippen LogP) is 9.26. The van der Waals surface area contributed by atoms with Gasteiger partial charge in [-0.15, -0.1) is 0 Å². The maximum atomic E-state index is 2.66. The number of aryl methyl sites for hydroxylation is 2. The molecule has 0 aliphatic carbocycles. The van der Waals surface area contributed by atoms with Crippen LogP contribution in [0.2, 0.25) is 0 Å². The SMILES string of the molecule is Cc1cccc2c1-c1n(cc[n+]1C)B(c1c(C(C)C)cccc1C(C)C)N2c1c(-c2ccccc2)cccc1-c1ccccc1. The van der Waals surface area contributed by atoms with E-state index in [-0.39, 0.29) is 6.98 Å². The lowest BCUT2D eigenvalue weighted by Gasteiger charge is -2.38. The van der Waals surface area contributed by atoms with Crippen molar-refractivity contribution in [3.63, 3.8) is 0 Å². The third-order valence-electron chi connectivity index (χ3n) is 9.39. The van der Waals surface area contributed by atoms with Crippen molar-refractivity contribution < 1.29 is 4.57 Å². The lowest BCUT2D eigenvalue weighted by Crippen LogP contribution is -2.57. The number of hydrogen-bond donors (Lipinski definition) is 0. The summed E-state index contributed by atoms with van der Waals surface area (Å²) in [5, 5.41) is 0. The Balaban J connectivity index is 1.67. The number of nitrogens with zero attached hydrogens (tertiary/aromatic N) is 3. The Morgan fingerprint density at radius 3 is 1.71 bits per heavy atom. The van der Waals surface area contributed by atoms with Crippen molar-refractivity contribution in [2.24, 2.45) is 7.05 Å². The molecule has 7 rings (SSSR count). The summed E-state index contributed by atoms with van der Waals surface area (Å²) in [6, 6.07) is 42.3. The van der Waals surface area contributed by atoms with Crippen LogP contribution >= 0.6 is 0 Å². The summed E-state index contributed by atoms with van der Waals surface area (Å²) in [4.78, 5) is 2.66. The molecule has 0 saturated carbocycles. The summed E-state index contributed by atoms with van der Waals surface area (Å²) in [7, 11) is 2.18. The molecular weight excluding hydrogens is 545 g/mol. The first-order valence-electron chi connectivity index (χ1n) is 16.2. The van der Waals surface area contributed by atoms with Crippen molar-refractivity contribution in [2.45, 2.75) is 46.5 Å². The Labute approximate surface area is 268 Å². The average molecular weight is 587 g/mol. The number of fused-ring (bicyclic) bond motifs is 3. The van der Waals surface area contributed by atoms with Crippen molar-refractivity contribution in [1.29, 1.82) is 0 Å². The van der Waals surface area contributed by atoms with Gasteiger partial charge >= 0.3 is 6.98 Å². The fourth-order valence-electron chi connectivity index (χ4n) is 7.32. The van der Waals surface area contributed by atoms with Crippen LogP contribution in [0.4, 0.5) is 11.4 Å². The molecule has 0 amide bonds. The first kappa shape index (κ1) is 28.9. The molecule has 6 aromatic rings. The summed E-state index contributed by atoms with van der Waals surface area (Å²) in [6.07, 6.45) is 4.51. The summed E-state index contributed by atoms with van der Waals surface area (Å²) >= 11 is 0. The highest BCUT2D eigenvalue weighted by Gasteiger charge is 2.49. The fraction of sp³-hybridized carbons (Fsp3) is 0.195. The fourth-order valence-corrected chi connectivity index (χ4v) is 7.32. The molecule has 0 fully saturated rings. The van der Waals surface area contributed by atoms with E-state index >= 15 is 0 Å². The third kappa shape index (κ3) is 4.80. The smallest absolute Gasteiger partial charge is 0.338 e. The first-order chi connectivity index (χ1) is 21.9. The molecule has 0 atom stereocenters. The van der Waals surface area contributed by atoms with Crippen LogP contribution in [0.25, 0.3) is 33.6 Å². The number of rotatable bonds is 6. The van der Waals surface area contributed by atoms with E-state index in [0.29, 0.717) is 11.8 Å². The number of benzene rings is 5.